The number of benzene rings is 1. The van der Waals surface area contributed by atoms with Crippen LogP contribution in [0.2, 0.25) is 0 Å². The molecule has 0 fully saturated rings. The molecule has 0 bridgehead atoms. The van der Waals surface area contributed by atoms with Crippen LogP contribution in [-0.4, -0.2) is 54.5 Å². The minimum atomic E-state index is -3.64. The number of esters is 1. The summed E-state index contributed by atoms with van der Waals surface area (Å²) < 4.78 is 32.8. The number of hydrogen-bond donors (Lipinski definition) is 1. The first kappa shape index (κ1) is 26.3. The van der Waals surface area contributed by atoms with E-state index in [9.17, 15) is 18.0 Å². The van der Waals surface area contributed by atoms with E-state index in [-0.39, 0.29) is 23.2 Å². The predicted octanol–water partition coefficient (Wildman–Crippen LogP) is 3.71. The third kappa shape index (κ3) is 6.77. The molecule has 1 atom stereocenters. The number of thioether (sulfide) groups is 1. The highest BCUT2D eigenvalue weighted by Crippen LogP contribution is 2.29. The Bertz CT molecular complexity index is 1050. The van der Waals surface area contributed by atoms with E-state index in [4.69, 9.17) is 4.74 Å². The zero-order valence-electron chi connectivity index (χ0n) is 18.9. The Morgan fingerprint density at radius 3 is 2.56 bits per heavy atom. The van der Waals surface area contributed by atoms with Crippen molar-refractivity contribution in [3.8, 4) is 0 Å². The summed E-state index contributed by atoms with van der Waals surface area (Å²) in [7, 11) is -3.64. The molecule has 1 N–H and O–H groups in total. The van der Waals surface area contributed by atoms with E-state index in [1.165, 1.54) is 33.5 Å². The van der Waals surface area contributed by atoms with Crippen LogP contribution in [0.15, 0.2) is 32.8 Å². The third-order valence-electron chi connectivity index (χ3n) is 4.59. The quantitative estimate of drug-likeness (QED) is 0.371. The fourth-order valence-electron chi connectivity index (χ4n) is 2.89. The van der Waals surface area contributed by atoms with Gasteiger partial charge in [0.05, 0.1) is 28.9 Å². The Hall–Kier alpha value is -1.95. The van der Waals surface area contributed by atoms with E-state index >= 15 is 0 Å². The maximum absolute atomic E-state index is 12.9. The van der Waals surface area contributed by atoms with Crippen LogP contribution < -0.4 is 5.32 Å². The number of hydrogen-bond acceptors (Lipinski definition) is 8. The van der Waals surface area contributed by atoms with Crippen LogP contribution in [-0.2, 0) is 30.8 Å². The van der Waals surface area contributed by atoms with Crippen molar-refractivity contribution >= 4 is 50.7 Å². The molecule has 0 aliphatic carbocycles. The first-order valence-electron chi connectivity index (χ1n) is 10.3. The molecule has 0 aliphatic rings. The monoisotopic (exact) mass is 499 g/mol. The molecule has 1 unspecified atom stereocenters. The zero-order valence-corrected chi connectivity index (χ0v) is 21.3. The number of rotatable bonds is 11. The fourth-order valence-corrected chi connectivity index (χ4v) is 6.58. The number of carbonyl (C=O) groups is 2. The van der Waals surface area contributed by atoms with E-state index in [0.29, 0.717) is 41.0 Å². The van der Waals surface area contributed by atoms with E-state index in [1.54, 1.807) is 52.1 Å². The van der Waals surface area contributed by atoms with Gasteiger partial charge in [-0.3, -0.25) is 9.59 Å². The van der Waals surface area contributed by atoms with Gasteiger partial charge in [0.15, 0.2) is 4.34 Å². The van der Waals surface area contributed by atoms with Gasteiger partial charge in [-0.05, 0) is 38.5 Å². The van der Waals surface area contributed by atoms with Gasteiger partial charge in [-0.1, -0.05) is 31.7 Å². The lowest BCUT2D eigenvalue weighted by atomic mass is 10.2. The largest absolute Gasteiger partial charge is 0.466 e. The Labute approximate surface area is 197 Å². The summed E-state index contributed by atoms with van der Waals surface area (Å²) in [5.74, 6) is -0.609. The van der Waals surface area contributed by atoms with Gasteiger partial charge >= 0.3 is 5.97 Å². The molecular formula is C21H29N3O5S3. The molecule has 2 rings (SSSR count). The summed E-state index contributed by atoms with van der Waals surface area (Å²) in [6, 6.07) is 4.87. The van der Waals surface area contributed by atoms with Gasteiger partial charge in [0, 0.05) is 24.2 Å². The Morgan fingerprint density at radius 1 is 1.25 bits per heavy atom. The molecule has 1 aromatic carbocycles. The van der Waals surface area contributed by atoms with Crippen molar-refractivity contribution in [1.82, 2.24) is 9.29 Å². The molecule has 2 aromatic rings. The van der Waals surface area contributed by atoms with Gasteiger partial charge < -0.3 is 10.1 Å². The number of sulfonamides is 1. The lowest BCUT2D eigenvalue weighted by Gasteiger charge is -2.20. The van der Waals surface area contributed by atoms with Crippen molar-refractivity contribution in [2.45, 2.75) is 55.5 Å². The second-order valence-electron chi connectivity index (χ2n) is 6.91. The average molecular weight is 500 g/mol. The number of nitrogens with zero attached hydrogens (tertiary/aromatic N) is 2. The van der Waals surface area contributed by atoms with E-state index in [2.05, 4.69) is 10.3 Å². The number of amides is 1. The Kier molecular flexibility index (Phi) is 9.68. The number of aryl methyl sites for hydroxylation is 1. The molecule has 0 saturated heterocycles. The molecule has 176 valence electrons. The van der Waals surface area contributed by atoms with Crippen LogP contribution >= 0.6 is 23.1 Å². The SMILES string of the molecule is CCOC(=O)Cc1csc(SC(C)C(=O)Nc2ccc(C)c(S(=O)(=O)N(CC)CC)c2)n1. The van der Waals surface area contributed by atoms with Crippen LogP contribution in [0.5, 0.6) is 0 Å². The number of nitrogens with one attached hydrogen (secondary N) is 1. The van der Waals surface area contributed by atoms with Crippen molar-refractivity contribution in [1.29, 1.82) is 0 Å². The molecule has 0 spiro atoms. The van der Waals surface area contributed by atoms with Crippen molar-refractivity contribution in [3.63, 3.8) is 0 Å². The first-order chi connectivity index (χ1) is 15.1. The number of thiazole rings is 1. The van der Waals surface area contributed by atoms with E-state index < -0.39 is 15.3 Å². The first-order valence-corrected chi connectivity index (χ1v) is 13.5. The van der Waals surface area contributed by atoms with Crippen LogP contribution in [0.4, 0.5) is 5.69 Å². The number of ether oxygens (including phenoxy) is 1. The lowest BCUT2D eigenvalue weighted by molar-refractivity contribution is -0.142. The summed E-state index contributed by atoms with van der Waals surface area (Å²) >= 11 is 2.63. The lowest BCUT2D eigenvalue weighted by Crippen LogP contribution is -2.31. The minimum absolute atomic E-state index is 0.0959. The summed E-state index contributed by atoms with van der Waals surface area (Å²) in [5, 5.41) is 4.09. The predicted molar refractivity (Wildman–Crippen MR) is 128 cm³/mol. The highest BCUT2D eigenvalue weighted by atomic mass is 32.2. The van der Waals surface area contributed by atoms with Gasteiger partial charge in [-0.2, -0.15) is 4.31 Å². The fraction of sp³-hybridized carbons (Fsp3) is 0.476. The molecule has 8 nitrogen and oxygen atoms in total. The maximum Gasteiger partial charge on any atom is 0.311 e. The van der Waals surface area contributed by atoms with Gasteiger partial charge in [-0.15, -0.1) is 11.3 Å². The Balaban J connectivity index is 2.08. The second kappa shape index (κ2) is 11.8. The summed E-state index contributed by atoms with van der Waals surface area (Å²) in [4.78, 5) is 28.8. The van der Waals surface area contributed by atoms with Gasteiger partial charge in [-0.25, -0.2) is 13.4 Å². The number of aromatic nitrogens is 1. The number of carbonyl (C=O) groups excluding carboxylic acids is 2. The van der Waals surface area contributed by atoms with Crippen molar-refractivity contribution in [3.05, 3.63) is 34.8 Å². The van der Waals surface area contributed by atoms with Gasteiger partial charge in [0.2, 0.25) is 15.9 Å². The average Bonchev–Trinajstić information content (AvgIpc) is 3.16. The summed E-state index contributed by atoms with van der Waals surface area (Å²) in [6.07, 6.45) is 0.0959. The maximum atomic E-state index is 12.9. The normalized spacial score (nSPS) is 12.6. The molecular weight excluding hydrogens is 470 g/mol. The van der Waals surface area contributed by atoms with Crippen LogP contribution in [0.1, 0.15) is 39.0 Å². The molecule has 1 heterocycles. The molecule has 32 heavy (non-hydrogen) atoms. The minimum Gasteiger partial charge on any atom is -0.466 e. The molecule has 0 aliphatic heterocycles. The molecule has 0 saturated carbocycles. The third-order valence-corrected chi connectivity index (χ3v) is 8.90. The van der Waals surface area contributed by atoms with Crippen LogP contribution in [0, 0.1) is 6.92 Å². The standard InChI is InChI=1S/C21H29N3O5S3/c1-6-24(7-2)32(27,28)18-11-16(10-9-14(18)4)22-20(26)15(5)31-21-23-17(13-30-21)12-19(25)29-8-3/h9-11,13,15H,6-8,12H2,1-5H3,(H,22,26). The van der Waals surface area contributed by atoms with E-state index in [1.807, 2.05) is 0 Å². The van der Waals surface area contributed by atoms with Crippen LogP contribution in [0.3, 0.4) is 0 Å². The van der Waals surface area contributed by atoms with E-state index in [0.717, 1.165) is 0 Å². The van der Waals surface area contributed by atoms with Crippen molar-refractivity contribution in [2.75, 3.05) is 25.0 Å². The second-order valence-corrected chi connectivity index (χ2v) is 11.3. The van der Waals surface area contributed by atoms with Gasteiger partial charge in [0.25, 0.3) is 0 Å². The zero-order chi connectivity index (χ0) is 23.9. The van der Waals surface area contributed by atoms with Crippen molar-refractivity contribution < 1.29 is 22.7 Å². The summed E-state index contributed by atoms with van der Waals surface area (Å²) in [6.45, 7) is 9.86. The number of anilines is 1. The Morgan fingerprint density at radius 2 is 1.94 bits per heavy atom. The van der Waals surface area contributed by atoms with Crippen molar-refractivity contribution in [2.24, 2.45) is 0 Å². The highest BCUT2D eigenvalue weighted by molar-refractivity contribution is 8.02. The molecule has 11 heteroatoms. The summed E-state index contributed by atoms with van der Waals surface area (Å²) in [5.41, 5.74) is 1.64. The molecule has 1 aromatic heterocycles. The molecule has 1 amide bonds. The molecule has 0 radical (unpaired) electrons. The topological polar surface area (TPSA) is 106 Å². The highest BCUT2D eigenvalue weighted by Gasteiger charge is 2.24. The smallest absolute Gasteiger partial charge is 0.311 e. The van der Waals surface area contributed by atoms with Gasteiger partial charge in [0.1, 0.15) is 0 Å². The van der Waals surface area contributed by atoms with Crippen LogP contribution in [0.25, 0.3) is 0 Å².